The van der Waals surface area contributed by atoms with Gasteiger partial charge in [-0.2, -0.15) is 8.78 Å². The number of ether oxygens (including phenoxy) is 1. The molecule has 0 heterocycles. The van der Waals surface area contributed by atoms with E-state index in [2.05, 4.69) is 4.74 Å². The van der Waals surface area contributed by atoms with Crippen molar-refractivity contribution in [2.45, 2.75) is 18.9 Å². The van der Waals surface area contributed by atoms with Crippen molar-refractivity contribution < 1.29 is 22.7 Å². The van der Waals surface area contributed by atoms with Crippen molar-refractivity contribution in [3.8, 4) is 0 Å². The smallest absolute Gasteiger partial charge is 0.379 e. The molecule has 0 spiro atoms. The van der Waals surface area contributed by atoms with E-state index in [0.29, 0.717) is 3.57 Å². The molecule has 0 bridgehead atoms. The number of hydrogen-bond acceptors (Lipinski definition) is 3. The molecule has 0 aromatic heterocycles. The molecule has 0 saturated carbocycles. The average Bonchev–Trinajstić information content (AvgIpc) is 2.31. The number of halogens is 5. The fourth-order valence-corrected chi connectivity index (χ4v) is 1.82. The zero-order valence-electron chi connectivity index (χ0n) is 9.83. The van der Waals surface area contributed by atoms with Gasteiger partial charge in [0.15, 0.2) is 0 Å². The Morgan fingerprint density at radius 2 is 2.11 bits per heavy atom. The molecule has 1 aromatic carbocycles. The van der Waals surface area contributed by atoms with Crippen LogP contribution in [0.2, 0.25) is 0 Å². The number of nitrogens with two attached hydrogens (primary N) is 1. The quantitative estimate of drug-likeness (QED) is 0.614. The standard InChI is InChI=1S/C11H11F3INO2.ClH/c1-2-18-10(17)11(13,14)9(16)7-5-6(15)3-4-8(7)12;/h3-5,9H,2,16H2,1H3;1H/t9-;/m0./s1. The van der Waals surface area contributed by atoms with Crippen LogP contribution in [0.4, 0.5) is 13.2 Å². The van der Waals surface area contributed by atoms with E-state index in [1.165, 1.54) is 19.1 Å². The highest BCUT2D eigenvalue weighted by molar-refractivity contribution is 14.1. The summed E-state index contributed by atoms with van der Waals surface area (Å²) in [5, 5.41) is 0. The van der Waals surface area contributed by atoms with Crippen LogP contribution < -0.4 is 5.73 Å². The lowest BCUT2D eigenvalue weighted by Gasteiger charge is -2.22. The van der Waals surface area contributed by atoms with Gasteiger partial charge in [-0.15, -0.1) is 12.4 Å². The summed E-state index contributed by atoms with van der Waals surface area (Å²) in [7, 11) is 0. The Bertz CT molecular complexity index is 460. The van der Waals surface area contributed by atoms with Gasteiger partial charge in [-0.25, -0.2) is 9.18 Å². The summed E-state index contributed by atoms with van der Waals surface area (Å²) in [5.41, 5.74) is 4.86. The Kier molecular flexibility index (Phi) is 7.09. The molecule has 19 heavy (non-hydrogen) atoms. The molecule has 108 valence electrons. The van der Waals surface area contributed by atoms with Crippen LogP contribution in [-0.2, 0) is 9.53 Å². The topological polar surface area (TPSA) is 52.3 Å². The molecule has 0 amide bonds. The van der Waals surface area contributed by atoms with Gasteiger partial charge in [-0.3, -0.25) is 0 Å². The summed E-state index contributed by atoms with van der Waals surface area (Å²) in [5.74, 6) is -6.61. The predicted octanol–water partition coefficient (Wildman–Crippen LogP) is 3.05. The predicted molar refractivity (Wildman–Crippen MR) is 74.9 cm³/mol. The van der Waals surface area contributed by atoms with Gasteiger partial charge in [0.1, 0.15) is 11.9 Å². The highest BCUT2D eigenvalue weighted by Crippen LogP contribution is 2.32. The number of carbonyl (C=O) groups is 1. The third-order valence-electron chi connectivity index (χ3n) is 2.23. The van der Waals surface area contributed by atoms with Crippen LogP contribution in [0.5, 0.6) is 0 Å². The van der Waals surface area contributed by atoms with Crippen LogP contribution in [0.15, 0.2) is 18.2 Å². The molecular formula is C11H12ClF3INO2. The van der Waals surface area contributed by atoms with E-state index in [1.54, 1.807) is 0 Å². The normalized spacial score (nSPS) is 12.5. The maximum atomic E-state index is 13.6. The summed E-state index contributed by atoms with van der Waals surface area (Å²) < 4.78 is 45.5. The van der Waals surface area contributed by atoms with Crippen LogP contribution in [0.25, 0.3) is 0 Å². The number of hydrogen-bond donors (Lipinski definition) is 1. The van der Waals surface area contributed by atoms with E-state index in [9.17, 15) is 18.0 Å². The van der Waals surface area contributed by atoms with E-state index in [4.69, 9.17) is 5.73 Å². The van der Waals surface area contributed by atoms with Crippen molar-refractivity contribution >= 4 is 41.0 Å². The lowest BCUT2D eigenvalue weighted by Crippen LogP contribution is -2.42. The molecule has 0 fully saturated rings. The number of esters is 1. The van der Waals surface area contributed by atoms with E-state index >= 15 is 0 Å². The first kappa shape index (κ1) is 18.5. The first-order valence-corrected chi connectivity index (χ1v) is 6.14. The molecule has 1 rings (SSSR count). The summed E-state index contributed by atoms with van der Waals surface area (Å²) in [4.78, 5) is 11.1. The van der Waals surface area contributed by atoms with Crippen LogP contribution in [0.1, 0.15) is 18.5 Å². The Hall–Kier alpha value is -0.540. The summed E-state index contributed by atoms with van der Waals surface area (Å²) >= 11 is 1.83. The average molecular weight is 410 g/mol. The minimum atomic E-state index is -3.97. The van der Waals surface area contributed by atoms with Crippen molar-refractivity contribution in [1.82, 2.24) is 0 Å². The molecule has 8 heteroatoms. The monoisotopic (exact) mass is 409 g/mol. The van der Waals surface area contributed by atoms with Gasteiger partial charge in [0.25, 0.3) is 0 Å². The van der Waals surface area contributed by atoms with Crippen LogP contribution in [0.3, 0.4) is 0 Å². The summed E-state index contributed by atoms with van der Waals surface area (Å²) in [6.07, 6.45) is 0. The lowest BCUT2D eigenvalue weighted by atomic mass is 10.0. The maximum absolute atomic E-state index is 13.6. The second kappa shape index (κ2) is 7.30. The van der Waals surface area contributed by atoms with Gasteiger partial charge in [0.05, 0.1) is 6.61 Å². The molecule has 0 saturated heterocycles. The number of carbonyl (C=O) groups excluding carboxylic acids is 1. The molecule has 0 aliphatic carbocycles. The molecule has 1 aromatic rings. The number of rotatable bonds is 4. The molecule has 0 radical (unpaired) electrons. The zero-order valence-corrected chi connectivity index (χ0v) is 12.8. The van der Waals surface area contributed by atoms with Gasteiger partial charge < -0.3 is 10.5 Å². The minimum absolute atomic E-state index is 0. The van der Waals surface area contributed by atoms with Gasteiger partial charge >= 0.3 is 11.9 Å². The Morgan fingerprint density at radius 1 is 1.53 bits per heavy atom. The van der Waals surface area contributed by atoms with Crippen molar-refractivity contribution in [1.29, 1.82) is 0 Å². The first-order chi connectivity index (χ1) is 8.30. The van der Waals surface area contributed by atoms with E-state index < -0.39 is 29.3 Å². The van der Waals surface area contributed by atoms with Crippen molar-refractivity contribution in [3.63, 3.8) is 0 Å². The SMILES string of the molecule is CCOC(=O)C(F)(F)[C@@H](N)c1cc(I)ccc1F.Cl. The molecule has 0 unspecified atom stereocenters. The van der Waals surface area contributed by atoms with Gasteiger partial charge in [0, 0.05) is 9.13 Å². The fraction of sp³-hybridized carbons (Fsp3) is 0.364. The van der Waals surface area contributed by atoms with E-state index in [1.807, 2.05) is 22.6 Å². The second-order valence-corrected chi connectivity index (χ2v) is 4.73. The van der Waals surface area contributed by atoms with E-state index in [0.717, 1.165) is 6.07 Å². The molecule has 2 N–H and O–H groups in total. The van der Waals surface area contributed by atoms with Crippen molar-refractivity contribution in [3.05, 3.63) is 33.1 Å². The third kappa shape index (κ3) is 4.22. The minimum Gasteiger partial charge on any atom is -0.462 e. The largest absolute Gasteiger partial charge is 0.462 e. The number of alkyl halides is 2. The second-order valence-electron chi connectivity index (χ2n) is 3.49. The Morgan fingerprint density at radius 3 is 2.63 bits per heavy atom. The number of benzene rings is 1. The molecule has 0 aliphatic heterocycles. The molecular weight excluding hydrogens is 397 g/mol. The Balaban J connectivity index is 0.00000324. The van der Waals surface area contributed by atoms with Crippen LogP contribution in [0, 0.1) is 9.39 Å². The molecule has 3 nitrogen and oxygen atoms in total. The summed E-state index contributed by atoms with van der Waals surface area (Å²) in [6.45, 7) is 1.20. The first-order valence-electron chi connectivity index (χ1n) is 5.06. The third-order valence-corrected chi connectivity index (χ3v) is 2.90. The summed E-state index contributed by atoms with van der Waals surface area (Å²) in [6, 6.07) is 1.53. The fourth-order valence-electron chi connectivity index (χ4n) is 1.30. The lowest BCUT2D eigenvalue weighted by molar-refractivity contribution is -0.174. The highest BCUT2D eigenvalue weighted by atomic mass is 127. The van der Waals surface area contributed by atoms with Crippen molar-refractivity contribution in [2.24, 2.45) is 5.73 Å². The van der Waals surface area contributed by atoms with Gasteiger partial charge in [-0.05, 0) is 47.7 Å². The molecule has 0 aliphatic rings. The Labute approximate surface area is 128 Å². The molecule has 1 atom stereocenters. The maximum Gasteiger partial charge on any atom is 0.379 e. The van der Waals surface area contributed by atoms with Crippen LogP contribution in [-0.4, -0.2) is 18.5 Å². The van der Waals surface area contributed by atoms with Gasteiger partial charge in [-0.1, -0.05) is 0 Å². The van der Waals surface area contributed by atoms with Gasteiger partial charge in [0.2, 0.25) is 0 Å². The van der Waals surface area contributed by atoms with E-state index in [-0.39, 0.29) is 19.0 Å². The van der Waals surface area contributed by atoms with Crippen molar-refractivity contribution in [2.75, 3.05) is 6.61 Å². The van der Waals surface area contributed by atoms with Crippen LogP contribution >= 0.6 is 35.0 Å². The highest BCUT2D eigenvalue weighted by Gasteiger charge is 2.48. The zero-order chi connectivity index (χ0) is 13.9.